The van der Waals surface area contributed by atoms with Crippen LogP contribution in [0.5, 0.6) is 0 Å². The summed E-state index contributed by atoms with van der Waals surface area (Å²) in [4.78, 5) is 60.8. The number of hydrogen-bond donors (Lipinski definition) is 3. The van der Waals surface area contributed by atoms with Gasteiger partial charge in [0, 0.05) is 12.5 Å². The number of nitrogens with one attached hydrogen (secondary N) is 3. The molecule has 11 nitrogen and oxygen atoms in total. The molecule has 0 bridgehead atoms. The molecule has 1 aliphatic rings. The third-order valence-electron chi connectivity index (χ3n) is 4.74. The van der Waals surface area contributed by atoms with Crippen LogP contribution in [0.4, 0.5) is 9.59 Å². The predicted molar refractivity (Wildman–Crippen MR) is 114 cm³/mol. The highest BCUT2D eigenvalue weighted by Gasteiger charge is 2.35. The van der Waals surface area contributed by atoms with E-state index in [1.807, 2.05) is 6.92 Å². The highest BCUT2D eigenvalue weighted by Crippen LogP contribution is 2.17. The second-order valence-electron chi connectivity index (χ2n) is 9.27. The lowest BCUT2D eigenvalue weighted by Gasteiger charge is -2.29. The second-order valence-corrected chi connectivity index (χ2v) is 9.27. The number of hydrogen-bond acceptors (Lipinski definition) is 8. The third-order valence-corrected chi connectivity index (χ3v) is 4.74. The van der Waals surface area contributed by atoms with E-state index in [2.05, 4.69) is 20.7 Å². The van der Waals surface area contributed by atoms with Gasteiger partial charge in [-0.2, -0.15) is 0 Å². The number of amides is 3. The fourth-order valence-electron chi connectivity index (χ4n) is 2.98. The first-order valence-corrected chi connectivity index (χ1v) is 10.5. The maximum Gasteiger partial charge on any atom is 0.408 e. The Balaban J connectivity index is 2.64. The smallest absolute Gasteiger partial charge is 0.408 e. The van der Waals surface area contributed by atoms with Gasteiger partial charge in [-0.25, -0.2) is 14.4 Å². The summed E-state index contributed by atoms with van der Waals surface area (Å²) in [6.07, 6.45) is -0.810. The molecule has 0 saturated carbocycles. The Morgan fingerprint density at radius 3 is 2.22 bits per heavy atom. The van der Waals surface area contributed by atoms with Crippen LogP contribution in [-0.4, -0.2) is 66.3 Å². The van der Waals surface area contributed by atoms with Crippen LogP contribution in [0.25, 0.3) is 0 Å². The van der Waals surface area contributed by atoms with Crippen molar-refractivity contribution >= 4 is 29.8 Å². The molecule has 11 heteroatoms. The lowest BCUT2D eigenvalue weighted by Crippen LogP contribution is -2.54. The maximum atomic E-state index is 12.6. The summed E-state index contributed by atoms with van der Waals surface area (Å²) in [5, 5.41) is 7.58. The SMILES string of the molecule is COC(=O)C(CCC(=O)C(C)(C)OC(=O)NC1CC[C@H](C)NC1=O)NC(=O)OC(C)(C)C. The molecule has 1 heterocycles. The molecule has 0 aromatic carbocycles. The summed E-state index contributed by atoms with van der Waals surface area (Å²) in [7, 11) is 1.16. The van der Waals surface area contributed by atoms with E-state index in [9.17, 15) is 24.0 Å². The molecule has 1 saturated heterocycles. The minimum atomic E-state index is -1.52. The molecule has 2 unspecified atom stereocenters. The second kappa shape index (κ2) is 11.1. The first-order valence-electron chi connectivity index (χ1n) is 10.5. The van der Waals surface area contributed by atoms with Crippen molar-refractivity contribution < 1.29 is 38.2 Å². The molecule has 0 aromatic rings. The lowest BCUT2D eigenvalue weighted by atomic mass is 9.97. The average Bonchev–Trinajstić information content (AvgIpc) is 2.64. The van der Waals surface area contributed by atoms with Gasteiger partial charge in [0.2, 0.25) is 5.91 Å². The van der Waals surface area contributed by atoms with Gasteiger partial charge >= 0.3 is 18.2 Å². The van der Waals surface area contributed by atoms with Crippen LogP contribution in [0.15, 0.2) is 0 Å². The van der Waals surface area contributed by atoms with Crippen LogP contribution >= 0.6 is 0 Å². The Morgan fingerprint density at radius 1 is 1.06 bits per heavy atom. The van der Waals surface area contributed by atoms with Gasteiger partial charge in [0.05, 0.1) is 7.11 Å². The summed E-state index contributed by atoms with van der Waals surface area (Å²) in [5.74, 6) is -1.52. The number of carbonyl (C=O) groups is 5. The van der Waals surface area contributed by atoms with E-state index in [-0.39, 0.29) is 24.8 Å². The number of rotatable bonds is 8. The number of methoxy groups -OCH3 is 1. The molecule has 3 N–H and O–H groups in total. The van der Waals surface area contributed by atoms with Crippen molar-refractivity contribution in [2.75, 3.05) is 7.11 Å². The number of ketones is 1. The fraction of sp³-hybridized carbons (Fsp3) is 0.762. The van der Waals surface area contributed by atoms with Gasteiger partial charge in [-0.05, 0) is 60.8 Å². The van der Waals surface area contributed by atoms with Crippen molar-refractivity contribution in [2.45, 2.75) is 96.6 Å². The number of ether oxygens (including phenoxy) is 3. The zero-order valence-electron chi connectivity index (χ0n) is 19.8. The number of alkyl carbamates (subject to hydrolysis) is 2. The van der Waals surface area contributed by atoms with Crippen molar-refractivity contribution in [3.05, 3.63) is 0 Å². The van der Waals surface area contributed by atoms with Crippen LogP contribution in [0, 0.1) is 0 Å². The molecule has 1 rings (SSSR count). The molecular formula is C21H35N3O8. The summed E-state index contributed by atoms with van der Waals surface area (Å²) < 4.78 is 15.0. The molecule has 0 spiro atoms. The van der Waals surface area contributed by atoms with E-state index in [1.54, 1.807) is 20.8 Å². The Hall–Kier alpha value is -2.85. The molecule has 1 aliphatic heterocycles. The van der Waals surface area contributed by atoms with E-state index in [0.717, 1.165) is 7.11 Å². The molecule has 182 valence electrons. The average molecular weight is 458 g/mol. The quantitative estimate of drug-likeness (QED) is 0.367. The van der Waals surface area contributed by atoms with Crippen LogP contribution in [0.2, 0.25) is 0 Å². The van der Waals surface area contributed by atoms with E-state index in [4.69, 9.17) is 9.47 Å². The van der Waals surface area contributed by atoms with Gasteiger partial charge in [0.15, 0.2) is 11.4 Å². The van der Waals surface area contributed by atoms with Crippen molar-refractivity contribution in [3.63, 3.8) is 0 Å². The van der Waals surface area contributed by atoms with Crippen LogP contribution in [0.1, 0.15) is 67.2 Å². The zero-order valence-corrected chi connectivity index (χ0v) is 19.8. The first kappa shape index (κ1) is 27.2. The van der Waals surface area contributed by atoms with Crippen molar-refractivity contribution in [1.29, 1.82) is 0 Å². The monoisotopic (exact) mass is 457 g/mol. The standard InChI is InChI=1S/C21H35N3O8/c1-12-8-9-13(16(26)22-12)23-19(29)32-21(5,6)15(25)11-10-14(17(27)30-7)24-18(28)31-20(2,3)4/h12-14H,8-11H2,1-7H3,(H,22,26)(H,23,29)(H,24,28)/t12-,13?,14?/m0/s1. The lowest BCUT2D eigenvalue weighted by molar-refractivity contribution is -0.143. The number of Topliss-reactive ketones (excluding diaryl/α,β-unsaturated/α-hetero) is 1. The van der Waals surface area contributed by atoms with Gasteiger partial charge in [-0.15, -0.1) is 0 Å². The minimum absolute atomic E-state index is 0.0339. The Labute approximate surface area is 188 Å². The normalized spacial score (nSPS) is 19.8. The van der Waals surface area contributed by atoms with Gasteiger partial charge in [-0.1, -0.05) is 0 Å². The van der Waals surface area contributed by atoms with E-state index >= 15 is 0 Å². The summed E-state index contributed by atoms with van der Waals surface area (Å²) in [5.41, 5.74) is -2.29. The number of carbonyl (C=O) groups excluding carboxylic acids is 5. The van der Waals surface area contributed by atoms with Crippen LogP contribution in [0.3, 0.4) is 0 Å². The molecular weight excluding hydrogens is 422 g/mol. The van der Waals surface area contributed by atoms with Gasteiger partial charge in [-0.3, -0.25) is 9.59 Å². The molecule has 3 amide bonds. The van der Waals surface area contributed by atoms with Gasteiger partial charge in [0.1, 0.15) is 17.7 Å². The van der Waals surface area contributed by atoms with Gasteiger partial charge < -0.3 is 30.2 Å². The Morgan fingerprint density at radius 2 is 1.69 bits per heavy atom. The van der Waals surface area contributed by atoms with Crippen molar-refractivity contribution in [1.82, 2.24) is 16.0 Å². The first-order chi connectivity index (χ1) is 14.6. The largest absolute Gasteiger partial charge is 0.467 e. The third kappa shape index (κ3) is 9.11. The zero-order chi connectivity index (χ0) is 24.7. The number of esters is 1. The molecule has 0 radical (unpaired) electrons. The fourth-order valence-corrected chi connectivity index (χ4v) is 2.98. The Bertz CT molecular complexity index is 729. The Kier molecular flexibility index (Phi) is 9.47. The predicted octanol–water partition coefficient (Wildman–Crippen LogP) is 1.57. The summed E-state index contributed by atoms with van der Waals surface area (Å²) in [6, 6.07) is -1.81. The maximum absolute atomic E-state index is 12.6. The highest BCUT2D eigenvalue weighted by molar-refractivity contribution is 5.91. The van der Waals surface area contributed by atoms with E-state index < -0.39 is 47.2 Å². The van der Waals surface area contributed by atoms with Crippen molar-refractivity contribution in [3.8, 4) is 0 Å². The molecule has 0 aliphatic carbocycles. The highest BCUT2D eigenvalue weighted by atomic mass is 16.6. The minimum Gasteiger partial charge on any atom is -0.467 e. The van der Waals surface area contributed by atoms with E-state index in [0.29, 0.717) is 12.8 Å². The van der Waals surface area contributed by atoms with Gasteiger partial charge in [0.25, 0.3) is 0 Å². The molecule has 32 heavy (non-hydrogen) atoms. The van der Waals surface area contributed by atoms with Crippen LogP contribution < -0.4 is 16.0 Å². The number of piperidine rings is 1. The topological polar surface area (TPSA) is 149 Å². The van der Waals surface area contributed by atoms with E-state index in [1.165, 1.54) is 13.8 Å². The van der Waals surface area contributed by atoms with Crippen LogP contribution in [-0.2, 0) is 28.6 Å². The molecule has 0 aromatic heterocycles. The van der Waals surface area contributed by atoms with Crippen molar-refractivity contribution in [2.24, 2.45) is 0 Å². The molecule has 1 fully saturated rings. The summed E-state index contributed by atoms with van der Waals surface area (Å²) in [6.45, 7) is 9.70. The molecule has 3 atom stereocenters. The summed E-state index contributed by atoms with van der Waals surface area (Å²) >= 11 is 0.